The molecule has 3 rings (SSSR count). The van der Waals surface area contributed by atoms with Crippen molar-refractivity contribution in [2.24, 2.45) is 16.3 Å². The van der Waals surface area contributed by atoms with Gasteiger partial charge in [-0.2, -0.15) is 5.26 Å². The third-order valence-electron chi connectivity index (χ3n) is 5.23. The van der Waals surface area contributed by atoms with Crippen LogP contribution in [0.3, 0.4) is 0 Å². The normalized spacial score (nSPS) is 16.8. The zero-order chi connectivity index (χ0) is 20.5. The lowest BCUT2D eigenvalue weighted by molar-refractivity contribution is 0.218. The molecule has 0 fully saturated rings. The molecule has 0 unspecified atom stereocenters. The van der Waals surface area contributed by atoms with Gasteiger partial charge in [0.15, 0.2) is 0 Å². The molecule has 148 valence electrons. The third-order valence-corrected chi connectivity index (χ3v) is 7.44. The number of nitriles is 1. The predicted molar refractivity (Wildman–Crippen MR) is 124 cm³/mol. The van der Waals surface area contributed by atoms with Crippen LogP contribution in [0.2, 0.25) is 0 Å². The summed E-state index contributed by atoms with van der Waals surface area (Å²) in [5.41, 5.74) is 3.12. The van der Waals surface area contributed by atoms with E-state index < -0.39 is 0 Å². The number of hydrogen-bond donors (Lipinski definition) is 0. The molecule has 2 aromatic rings. The van der Waals surface area contributed by atoms with Crippen molar-refractivity contribution < 1.29 is 4.74 Å². The molecule has 1 aliphatic rings. The van der Waals surface area contributed by atoms with Crippen LogP contribution in [-0.2, 0) is 12.8 Å². The van der Waals surface area contributed by atoms with Gasteiger partial charge in [0.1, 0.15) is 16.8 Å². The van der Waals surface area contributed by atoms with Crippen LogP contribution >= 0.6 is 43.2 Å². The molecule has 0 aliphatic heterocycles. The minimum atomic E-state index is 0.285. The highest BCUT2D eigenvalue weighted by Gasteiger charge is 2.32. The van der Waals surface area contributed by atoms with Crippen LogP contribution in [0.5, 0.6) is 5.75 Å². The first-order chi connectivity index (χ1) is 13.2. The number of nitrogens with zero attached hydrogens (tertiary/aromatic N) is 2. The Morgan fingerprint density at radius 3 is 2.75 bits per heavy atom. The van der Waals surface area contributed by atoms with E-state index in [2.05, 4.69) is 58.7 Å². The Morgan fingerprint density at radius 1 is 1.36 bits per heavy atom. The van der Waals surface area contributed by atoms with Crippen molar-refractivity contribution >= 4 is 54.4 Å². The van der Waals surface area contributed by atoms with Crippen molar-refractivity contribution in [1.29, 1.82) is 5.26 Å². The number of rotatable bonds is 4. The zero-order valence-electron chi connectivity index (χ0n) is 16.6. The zero-order valence-corrected chi connectivity index (χ0v) is 20.6. The van der Waals surface area contributed by atoms with Gasteiger partial charge in [-0.1, -0.05) is 36.7 Å². The maximum atomic E-state index is 9.76. The van der Waals surface area contributed by atoms with Crippen molar-refractivity contribution in [2.45, 2.75) is 47.0 Å². The van der Waals surface area contributed by atoms with E-state index >= 15 is 0 Å². The molecule has 28 heavy (non-hydrogen) atoms. The average molecular weight is 524 g/mol. The van der Waals surface area contributed by atoms with E-state index in [4.69, 9.17) is 9.73 Å². The Morgan fingerprint density at radius 2 is 2.11 bits per heavy atom. The monoisotopic (exact) mass is 522 g/mol. The van der Waals surface area contributed by atoms with Crippen molar-refractivity contribution in [1.82, 2.24) is 0 Å². The molecular formula is C22H24Br2N2OS. The molecule has 1 aromatic carbocycles. The summed E-state index contributed by atoms with van der Waals surface area (Å²) in [6, 6.07) is 6.34. The summed E-state index contributed by atoms with van der Waals surface area (Å²) in [7, 11) is 0. The fourth-order valence-electron chi connectivity index (χ4n) is 3.62. The Kier molecular flexibility index (Phi) is 6.69. The lowest BCUT2D eigenvalue weighted by Crippen LogP contribution is -2.26. The quantitative estimate of drug-likeness (QED) is 0.390. The molecule has 0 saturated carbocycles. The summed E-state index contributed by atoms with van der Waals surface area (Å²) in [4.78, 5) is 6.04. The van der Waals surface area contributed by atoms with E-state index in [-0.39, 0.29) is 5.41 Å². The van der Waals surface area contributed by atoms with Gasteiger partial charge in [-0.05, 0) is 71.1 Å². The summed E-state index contributed by atoms with van der Waals surface area (Å²) < 4.78 is 7.61. The van der Waals surface area contributed by atoms with Crippen LogP contribution in [-0.4, -0.2) is 12.8 Å². The highest BCUT2D eigenvalue weighted by atomic mass is 79.9. The molecule has 0 spiro atoms. The van der Waals surface area contributed by atoms with Gasteiger partial charge in [-0.15, -0.1) is 11.3 Å². The molecule has 1 aliphatic carbocycles. The van der Waals surface area contributed by atoms with Crippen LogP contribution in [0.1, 0.15) is 55.7 Å². The second-order valence-corrected chi connectivity index (χ2v) is 11.0. The fourth-order valence-corrected chi connectivity index (χ4v) is 6.21. The van der Waals surface area contributed by atoms with Crippen molar-refractivity contribution in [2.75, 3.05) is 6.61 Å². The number of aliphatic imine (C=N–C) groups is 1. The Hall–Kier alpha value is -1.16. The molecule has 0 bridgehead atoms. The van der Waals surface area contributed by atoms with Crippen LogP contribution in [0.4, 0.5) is 5.00 Å². The first-order valence-electron chi connectivity index (χ1n) is 9.45. The van der Waals surface area contributed by atoms with Gasteiger partial charge in [-0.3, -0.25) is 0 Å². The second kappa shape index (κ2) is 8.69. The molecular weight excluding hydrogens is 500 g/mol. The van der Waals surface area contributed by atoms with Crippen molar-refractivity contribution in [3.05, 3.63) is 42.6 Å². The predicted octanol–water partition coefficient (Wildman–Crippen LogP) is 7.45. The van der Waals surface area contributed by atoms with E-state index in [0.717, 1.165) is 50.1 Å². The summed E-state index contributed by atoms with van der Waals surface area (Å²) in [6.45, 7) is 9.46. The molecule has 0 radical (unpaired) electrons. The molecule has 0 amide bonds. The van der Waals surface area contributed by atoms with E-state index in [9.17, 15) is 5.26 Å². The third kappa shape index (κ3) is 4.53. The summed E-state index contributed by atoms with van der Waals surface area (Å²) in [5, 5.41) is 10.6. The second-order valence-electron chi connectivity index (χ2n) is 8.10. The Labute approximate surface area is 188 Å². The Bertz CT molecular complexity index is 951. The highest BCUT2D eigenvalue weighted by molar-refractivity contribution is 9.11. The summed E-state index contributed by atoms with van der Waals surface area (Å²) in [5.74, 6) is 1.41. The number of ether oxygens (including phenoxy) is 1. The van der Waals surface area contributed by atoms with Crippen molar-refractivity contribution in [3.63, 3.8) is 0 Å². The van der Waals surface area contributed by atoms with Crippen LogP contribution in [0, 0.1) is 22.7 Å². The molecule has 0 N–H and O–H groups in total. The first-order valence-corrected chi connectivity index (χ1v) is 11.8. The molecule has 1 atom stereocenters. The van der Waals surface area contributed by atoms with E-state index in [1.54, 1.807) is 17.6 Å². The van der Waals surface area contributed by atoms with E-state index in [1.165, 1.54) is 10.4 Å². The van der Waals surface area contributed by atoms with Gasteiger partial charge in [0.2, 0.25) is 0 Å². The molecule has 1 aromatic heterocycles. The molecule has 6 heteroatoms. The van der Waals surface area contributed by atoms with E-state index in [1.807, 2.05) is 19.1 Å². The average Bonchev–Trinajstić information content (AvgIpc) is 2.98. The lowest BCUT2D eigenvalue weighted by atomic mass is 9.72. The van der Waals surface area contributed by atoms with E-state index in [0.29, 0.717) is 12.5 Å². The van der Waals surface area contributed by atoms with Gasteiger partial charge in [0.25, 0.3) is 0 Å². The van der Waals surface area contributed by atoms with Crippen LogP contribution in [0.25, 0.3) is 0 Å². The topological polar surface area (TPSA) is 45.4 Å². The van der Waals surface area contributed by atoms with Gasteiger partial charge < -0.3 is 4.74 Å². The summed E-state index contributed by atoms with van der Waals surface area (Å²) >= 11 is 8.75. The maximum Gasteiger partial charge on any atom is 0.142 e. The number of fused-ring (bicyclic) bond motifs is 1. The first kappa shape index (κ1) is 21.5. The van der Waals surface area contributed by atoms with Gasteiger partial charge in [0, 0.05) is 21.1 Å². The standard InChI is InChI=1S/C22H24Br2N2OS/c1-5-27-20-13(8-15(23)10-18(20)24)12-26-21-17(11-25)16-7-6-14(22(2,3)4)9-19(16)28-21/h8,10,12,14H,5-7,9H2,1-4H3/t14-/m1/s1. The lowest BCUT2D eigenvalue weighted by Gasteiger charge is -2.33. The number of thiophene rings is 1. The minimum Gasteiger partial charge on any atom is -0.492 e. The van der Waals surface area contributed by atoms with Gasteiger partial charge >= 0.3 is 0 Å². The number of hydrogen-bond acceptors (Lipinski definition) is 4. The SMILES string of the molecule is CCOc1c(Br)cc(Br)cc1C=Nc1sc2c(c1C#N)CC[C@@H](C(C)(C)C)C2. The van der Waals surface area contributed by atoms with Crippen molar-refractivity contribution in [3.8, 4) is 11.8 Å². The molecule has 3 nitrogen and oxygen atoms in total. The fraction of sp³-hybridized carbons (Fsp3) is 0.455. The molecule has 1 heterocycles. The largest absolute Gasteiger partial charge is 0.492 e. The van der Waals surface area contributed by atoms with Crippen LogP contribution in [0.15, 0.2) is 26.1 Å². The van der Waals surface area contributed by atoms with Gasteiger partial charge in [0.05, 0.1) is 16.6 Å². The number of halogens is 2. The molecule has 0 saturated heterocycles. The van der Waals surface area contributed by atoms with Crippen LogP contribution < -0.4 is 4.74 Å². The number of benzene rings is 1. The van der Waals surface area contributed by atoms with Gasteiger partial charge in [-0.25, -0.2) is 4.99 Å². The highest BCUT2D eigenvalue weighted by Crippen LogP contribution is 2.45. The minimum absolute atomic E-state index is 0.285. The Balaban J connectivity index is 1.97. The maximum absolute atomic E-state index is 9.76. The smallest absolute Gasteiger partial charge is 0.142 e. The summed E-state index contributed by atoms with van der Waals surface area (Å²) in [6.07, 6.45) is 4.96.